The number of nitrogens with one attached hydrogen (secondary N) is 1. The molecule has 0 unspecified atom stereocenters. The number of nitrogens with zero attached hydrogens (tertiary/aromatic N) is 3. The minimum absolute atomic E-state index is 0.00708. The first-order chi connectivity index (χ1) is 6.38. The van der Waals surface area contributed by atoms with Gasteiger partial charge in [0.25, 0.3) is 0 Å². The molecule has 0 amide bonds. The van der Waals surface area contributed by atoms with Gasteiger partial charge in [-0.15, -0.1) is 10.2 Å². The van der Waals surface area contributed by atoms with Crippen LogP contribution in [0.25, 0.3) is 0 Å². The molecule has 7 heteroatoms. The molecule has 2 N–H and O–H groups in total. The summed E-state index contributed by atoms with van der Waals surface area (Å²) in [6.45, 7) is 3.61. The topological polar surface area (TPSA) is 70.9 Å². The number of hydrogen-bond acceptors (Lipinski definition) is 5. The Labute approximate surface area is 91.5 Å². The van der Waals surface area contributed by atoms with Crippen LogP contribution in [0.15, 0.2) is 0 Å². The molecule has 1 heterocycles. The maximum Gasteiger partial charge on any atom is 0.245 e. The second-order valence-corrected chi connectivity index (χ2v) is 4.08. The van der Waals surface area contributed by atoms with Crippen molar-refractivity contribution in [3.05, 3.63) is 10.4 Å². The fourth-order valence-electron chi connectivity index (χ4n) is 0.706. The molecule has 1 rings (SSSR count). The minimum atomic E-state index is -0.860. The van der Waals surface area contributed by atoms with Gasteiger partial charge in [0, 0.05) is 6.54 Å². The molecule has 5 nitrogen and oxygen atoms in total. The first kappa shape index (κ1) is 11.4. The van der Waals surface area contributed by atoms with Gasteiger partial charge in [-0.3, -0.25) is 0 Å². The quantitative estimate of drug-likeness (QED) is 0.830. The van der Waals surface area contributed by atoms with Gasteiger partial charge in [-0.25, -0.2) is 0 Å². The number of aromatic nitrogens is 3. The Bertz CT molecular complexity index is 326. The van der Waals surface area contributed by atoms with Crippen LogP contribution in [0.3, 0.4) is 0 Å². The monoisotopic (exact) mass is 236 g/mol. The van der Waals surface area contributed by atoms with Crippen LogP contribution in [0.4, 0.5) is 5.82 Å². The molecule has 0 saturated heterocycles. The normalized spacial score (nSPS) is 11.5. The van der Waals surface area contributed by atoms with Gasteiger partial charge < -0.3 is 10.4 Å². The van der Waals surface area contributed by atoms with E-state index in [1.165, 1.54) is 0 Å². The van der Waals surface area contributed by atoms with Crippen LogP contribution >= 0.6 is 23.2 Å². The molecule has 78 valence electrons. The van der Waals surface area contributed by atoms with Crippen molar-refractivity contribution in [2.45, 2.75) is 19.4 Å². The molecular formula is C7H10Cl2N4O. The van der Waals surface area contributed by atoms with Crippen LogP contribution < -0.4 is 5.32 Å². The van der Waals surface area contributed by atoms with E-state index in [1.54, 1.807) is 13.8 Å². The van der Waals surface area contributed by atoms with Crippen molar-refractivity contribution in [2.24, 2.45) is 0 Å². The fourth-order valence-corrected chi connectivity index (χ4v) is 0.975. The van der Waals surface area contributed by atoms with Crippen LogP contribution in [0.2, 0.25) is 10.4 Å². The average molecular weight is 237 g/mol. The molecule has 0 fully saturated rings. The van der Waals surface area contributed by atoms with Crippen LogP contribution in [-0.2, 0) is 0 Å². The SMILES string of the molecule is CC(C)(O)CNc1nc(Cl)nnc1Cl. The standard InChI is InChI=1S/C7H10Cl2N4O/c1-7(2,14)3-10-5-4(8)12-13-6(9)11-5/h14H,3H2,1-2H3,(H,10,11,13). The Morgan fingerprint density at radius 2 is 2.00 bits per heavy atom. The van der Waals surface area contributed by atoms with E-state index in [1.807, 2.05) is 0 Å². The summed E-state index contributed by atoms with van der Waals surface area (Å²) in [5.41, 5.74) is -0.860. The van der Waals surface area contributed by atoms with Gasteiger partial charge in [0.15, 0.2) is 11.0 Å². The first-order valence-electron chi connectivity index (χ1n) is 3.90. The largest absolute Gasteiger partial charge is 0.389 e. The summed E-state index contributed by atoms with van der Waals surface area (Å²) >= 11 is 11.2. The lowest BCUT2D eigenvalue weighted by atomic mass is 10.1. The highest BCUT2D eigenvalue weighted by Crippen LogP contribution is 2.17. The fraction of sp³-hybridized carbons (Fsp3) is 0.571. The summed E-state index contributed by atoms with van der Waals surface area (Å²) in [7, 11) is 0. The third-order valence-corrected chi connectivity index (χ3v) is 1.72. The van der Waals surface area contributed by atoms with Crippen LogP contribution in [-0.4, -0.2) is 32.4 Å². The van der Waals surface area contributed by atoms with Crippen molar-refractivity contribution < 1.29 is 5.11 Å². The van der Waals surface area contributed by atoms with Gasteiger partial charge in [-0.05, 0) is 25.4 Å². The number of anilines is 1. The average Bonchev–Trinajstić information content (AvgIpc) is 2.05. The Morgan fingerprint density at radius 1 is 1.36 bits per heavy atom. The maximum absolute atomic E-state index is 9.44. The summed E-state index contributed by atoms with van der Waals surface area (Å²) in [6, 6.07) is 0. The van der Waals surface area contributed by atoms with E-state index in [9.17, 15) is 5.11 Å². The van der Waals surface area contributed by atoms with Gasteiger partial charge in [0.2, 0.25) is 5.28 Å². The molecular weight excluding hydrogens is 227 g/mol. The highest BCUT2D eigenvalue weighted by atomic mass is 35.5. The van der Waals surface area contributed by atoms with E-state index >= 15 is 0 Å². The van der Waals surface area contributed by atoms with E-state index in [-0.39, 0.29) is 10.4 Å². The molecule has 0 bridgehead atoms. The Balaban J connectivity index is 2.72. The van der Waals surface area contributed by atoms with Crippen LogP contribution in [0.1, 0.15) is 13.8 Å². The number of halogens is 2. The zero-order valence-corrected chi connectivity index (χ0v) is 9.26. The summed E-state index contributed by atoms with van der Waals surface area (Å²) in [5, 5.41) is 19.4. The van der Waals surface area contributed by atoms with E-state index in [4.69, 9.17) is 23.2 Å². The van der Waals surface area contributed by atoms with Gasteiger partial charge in [-0.2, -0.15) is 4.98 Å². The lowest BCUT2D eigenvalue weighted by molar-refractivity contribution is 0.0944. The van der Waals surface area contributed by atoms with Crippen molar-refractivity contribution in [3.63, 3.8) is 0 Å². The van der Waals surface area contributed by atoms with Crippen molar-refractivity contribution in [1.29, 1.82) is 0 Å². The first-order valence-corrected chi connectivity index (χ1v) is 4.66. The van der Waals surface area contributed by atoms with Gasteiger partial charge in [0.1, 0.15) is 0 Å². The Kier molecular flexibility index (Phi) is 3.47. The lowest BCUT2D eigenvalue weighted by Crippen LogP contribution is -2.29. The smallest absolute Gasteiger partial charge is 0.245 e. The Morgan fingerprint density at radius 3 is 2.57 bits per heavy atom. The molecule has 0 aliphatic heterocycles. The number of rotatable bonds is 3. The molecule has 0 saturated carbocycles. The van der Waals surface area contributed by atoms with Gasteiger partial charge in [0.05, 0.1) is 5.60 Å². The molecule has 0 spiro atoms. The molecule has 14 heavy (non-hydrogen) atoms. The second-order valence-electron chi connectivity index (χ2n) is 3.39. The molecule has 0 aliphatic rings. The predicted molar refractivity (Wildman–Crippen MR) is 54.6 cm³/mol. The van der Waals surface area contributed by atoms with Crippen LogP contribution in [0, 0.1) is 0 Å². The number of aliphatic hydroxyl groups is 1. The van der Waals surface area contributed by atoms with E-state index in [2.05, 4.69) is 20.5 Å². The van der Waals surface area contributed by atoms with Gasteiger partial charge >= 0.3 is 0 Å². The van der Waals surface area contributed by atoms with Crippen molar-refractivity contribution in [3.8, 4) is 0 Å². The van der Waals surface area contributed by atoms with Crippen molar-refractivity contribution >= 4 is 29.0 Å². The molecule has 0 aliphatic carbocycles. The summed E-state index contributed by atoms with van der Waals surface area (Å²) < 4.78 is 0. The van der Waals surface area contributed by atoms with E-state index in [0.717, 1.165) is 0 Å². The van der Waals surface area contributed by atoms with Crippen LogP contribution in [0.5, 0.6) is 0 Å². The summed E-state index contributed by atoms with van der Waals surface area (Å²) in [4.78, 5) is 3.81. The zero-order valence-electron chi connectivity index (χ0n) is 7.75. The minimum Gasteiger partial charge on any atom is -0.389 e. The predicted octanol–water partition coefficient (Wildman–Crippen LogP) is 1.36. The van der Waals surface area contributed by atoms with Gasteiger partial charge in [-0.1, -0.05) is 11.6 Å². The number of hydrogen-bond donors (Lipinski definition) is 2. The molecule has 0 radical (unpaired) electrons. The molecule has 0 atom stereocenters. The van der Waals surface area contributed by atoms with E-state index in [0.29, 0.717) is 12.4 Å². The molecule has 1 aromatic heterocycles. The third kappa shape index (κ3) is 3.61. The summed E-state index contributed by atoms with van der Waals surface area (Å²) in [6.07, 6.45) is 0. The second kappa shape index (κ2) is 4.25. The van der Waals surface area contributed by atoms with E-state index < -0.39 is 5.60 Å². The highest BCUT2D eigenvalue weighted by Gasteiger charge is 2.14. The zero-order chi connectivity index (χ0) is 10.8. The Hall–Kier alpha value is -0.650. The maximum atomic E-state index is 9.44. The lowest BCUT2D eigenvalue weighted by Gasteiger charge is -2.17. The van der Waals surface area contributed by atoms with Crippen molar-refractivity contribution in [2.75, 3.05) is 11.9 Å². The van der Waals surface area contributed by atoms with Crippen molar-refractivity contribution in [1.82, 2.24) is 15.2 Å². The molecule has 0 aromatic carbocycles. The third-order valence-electron chi connectivity index (χ3n) is 1.31. The summed E-state index contributed by atoms with van der Waals surface area (Å²) in [5.74, 6) is 0.314. The highest BCUT2D eigenvalue weighted by molar-refractivity contribution is 6.32. The molecule has 1 aromatic rings.